The van der Waals surface area contributed by atoms with E-state index in [1.54, 1.807) is 0 Å². The van der Waals surface area contributed by atoms with Crippen molar-refractivity contribution in [1.82, 2.24) is 14.7 Å². The predicted molar refractivity (Wildman–Crippen MR) is 112 cm³/mol. The third kappa shape index (κ3) is 6.46. The first-order chi connectivity index (χ1) is 16.1. The third-order valence-corrected chi connectivity index (χ3v) is 5.28. The van der Waals surface area contributed by atoms with Gasteiger partial charge < -0.3 is 43.1 Å². The number of hydrogen-bond acceptors (Lipinski definition) is 9. The van der Waals surface area contributed by atoms with Gasteiger partial charge in [0.15, 0.2) is 0 Å². The second-order valence-electron chi connectivity index (χ2n) is 7.54. The summed E-state index contributed by atoms with van der Waals surface area (Å²) in [5.74, 6) is 0.260. The molecule has 1 aromatic rings. The molecule has 3 aliphatic rings. The summed E-state index contributed by atoms with van der Waals surface area (Å²) in [4.78, 5) is 42.1. The molecule has 0 radical (unpaired) electrons. The Labute approximate surface area is 190 Å². The molecule has 12 nitrogen and oxygen atoms in total. The summed E-state index contributed by atoms with van der Waals surface area (Å²) in [5, 5.41) is 0. The highest BCUT2D eigenvalue weighted by atomic mass is 16.6. The van der Waals surface area contributed by atoms with Gasteiger partial charge in [0.2, 0.25) is 0 Å². The van der Waals surface area contributed by atoms with Crippen LogP contribution in [0.3, 0.4) is 0 Å². The maximum Gasteiger partial charge on any atom is 0.415 e. The van der Waals surface area contributed by atoms with E-state index in [-0.39, 0.29) is 17.2 Å². The third-order valence-electron chi connectivity index (χ3n) is 5.28. The van der Waals surface area contributed by atoms with Crippen LogP contribution in [0.4, 0.5) is 14.4 Å². The Morgan fingerprint density at radius 2 is 0.758 bits per heavy atom. The van der Waals surface area contributed by atoms with Crippen LogP contribution in [0.5, 0.6) is 17.2 Å². The highest BCUT2D eigenvalue weighted by Gasteiger charge is 2.24. The van der Waals surface area contributed by atoms with Crippen molar-refractivity contribution >= 4 is 18.3 Å². The Bertz CT molecular complexity index is 726. The first-order valence-electron chi connectivity index (χ1n) is 10.9. The average Bonchev–Trinajstić information content (AvgIpc) is 2.85. The van der Waals surface area contributed by atoms with Crippen LogP contribution >= 0.6 is 0 Å². The van der Waals surface area contributed by atoms with Crippen molar-refractivity contribution in [2.24, 2.45) is 0 Å². The zero-order chi connectivity index (χ0) is 23.0. The first-order valence-corrected chi connectivity index (χ1v) is 10.9. The lowest BCUT2D eigenvalue weighted by atomic mass is 10.3. The molecule has 0 unspecified atom stereocenters. The van der Waals surface area contributed by atoms with Crippen molar-refractivity contribution in [3.8, 4) is 17.2 Å². The topological polar surface area (TPSA) is 116 Å². The van der Waals surface area contributed by atoms with E-state index < -0.39 is 18.3 Å². The van der Waals surface area contributed by atoms with Gasteiger partial charge in [-0.05, 0) is 0 Å². The number of nitrogens with zero attached hydrogens (tertiary/aromatic N) is 3. The summed E-state index contributed by atoms with van der Waals surface area (Å²) >= 11 is 0. The number of benzene rings is 1. The fourth-order valence-corrected chi connectivity index (χ4v) is 3.46. The van der Waals surface area contributed by atoms with Crippen LogP contribution in [-0.4, -0.2) is 112 Å². The minimum atomic E-state index is -0.569. The number of rotatable bonds is 3. The maximum absolute atomic E-state index is 12.5. The zero-order valence-electron chi connectivity index (χ0n) is 18.2. The van der Waals surface area contributed by atoms with Crippen molar-refractivity contribution in [2.45, 2.75) is 0 Å². The molecule has 3 heterocycles. The molecule has 3 aliphatic heterocycles. The van der Waals surface area contributed by atoms with Crippen LogP contribution in [-0.2, 0) is 14.2 Å². The van der Waals surface area contributed by atoms with E-state index in [1.807, 2.05) is 0 Å². The van der Waals surface area contributed by atoms with E-state index in [0.717, 1.165) is 0 Å². The summed E-state index contributed by atoms with van der Waals surface area (Å²) in [6, 6.07) is 4.22. The van der Waals surface area contributed by atoms with Gasteiger partial charge in [-0.15, -0.1) is 0 Å². The maximum atomic E-state index is 12.5. The van der Waals surface area contributed by atoms with Crippen LogP contribution in [0.1, 0.15) is 0 Å². The number of amides is 3. The highest BCUT2D eigenvalue weighted by Crippen LogP contribution is 2.29. The predicted octanol–water partition coefficient (Wildman–Crippen LogP) is 1.18. The molecular formula is C21H27N3O9. The van der Waals surface area contributed by atoms with Gasteiger partial charge in [0.1, 0.15) is 17.2 Å². The van der Waals surface area contributed by atoms with Crippen molar-refractivity contribution in [1.29, 1.82) is 0 Å². The molecule has 0 spiro atoms. The Morgan fingerprint density at radius 3 is 1.00 bits per heavy atom. The number of hydrogen-bond donors (Lipinski definition) is 0. The molecule has 12 heteroatoms. The van der Waals surface area contributed by atoms with Crippen LogP contribution in [0.15, 0.2) is 18.2 Å². The Hall–Kier alpha value is -3.09. The monoisotopic (exact) mass is 465 g/mol. The van der Waals surface area contributed by atoms with Crippen LogP contribution in [0, 0.1) is 0 Å². The molecule has 4 rings (SSSR count). The molecular weight excluding hydrogens is 438 g/mol. The number of carbonyl (C=O) groups is 3. The quantitative estimate of drug-likeness (QED) is 0.649. The van der Waals surface area contributed by atoms with Gasteiger partial charge in [0, 0.05) is 57.5 Å². The molecule has 3 saturated heterocycles. The Morgan fingerprint density at radius 1 is 0.515 bits per heavy atom. The average molecular weight is 465 g/mol. The minimum absolute atomic E-state index is 0.0866. The lowest BCUT2D eigenvalue weighted by Gasteiger charge is -2.27. The van der Waals surface area contributed by atoms with Crippen molar-refractivity contribution < 1.29 is 42.8 Å². The lowest BCUT2D eigenvalue weighted by Crippen LogP contribution is -2.42. The zero-order valence-corrected chi connectivity index (χ0v) is 18.2. The molecule has 33 heavy (non-hydrogen) atoms. The summed E-state index contributed by atoms with van der Waals surface area (Å²) in [6.45, 7) is 4.99. The molecule has 0 atom stereocenters. The summed E-state index contributed by atoms with van der Waals surface area (Å²) in [7, 11) is 0. The van der Waals surface area contributed by atoms with E-state index >= 15 is 0 Å². The number of ether oxygens (including phenoxy) is 6. The van der Waals surface area contributed by atoms with Gasteiger partial charge in [-0.3, -0.25) is 0 Å². The van der Waals surface area contributed by atoms with E-state index in [9.17, 15) is 14.4 Å². The van der Waals surface area contributed by atoms with Gasteiger partial charge in [0.05, 0.1) is 39.6 Å². The van der Waals surface area contributed by atoms with E-state index in [2.05, 4.69) is 0 Å². The fourth-order valence-electron chi connectivity index (χ4n) is 3.46. The molecule has 180 valence electrons. The van der Waals surface area contributed by atoms with E-state index in [4.69, 9.17) is 28.4 Å². The van der Waals surface area contributed by atoms with Crippen LogP contribution < -0.4 is 14.2 Å². The summed E-state index contributed by atoms with van der Waals surface area (Å²) in [5.41, 5.74) is 0. The first kappa shape index (κ1) is 23.1. The van der Waals surface area contributed by atoms with E-state index in [1.165, 1.54) is 32.9 Å². The van der Waals surface area contributed by atoms with Gasteiger partial charge in [-0.1, -0.05) is 0 Å². The smallest absolute Gasteiger partial charge is 0.410 e. The number of morpholine rings is 3. The van der Waals surface area contributed by atoms with Gasteiger partial charge in [-0.25, -0.2) is 14.4 Å². The Kier molecular flexibility index (Phi) is 7.81. The van der Waals surface area contributed by atoms with E-state index in [0.29, 0.717) is 78.9 Å². The minimum Gasteiger partial charge on any atom is -0.410 e. The van der Waals surface area contributed by atoms with Crippen molar-refractivity contribution in [3.05, 3.63) is 18.2 Å². The van der Waals surface area contributed by atoms with Crippen molar-refractivity contribution in [2.75, 3.05) is 78.9 Å². The van der Waals surface area contributed by atoms with Gasteiger partial charge in [-0.2, -0.15) is 0 Å². The SMILES string of the molecule is O=C(Oc1cc(OC(=O)N2CCOCC2)cc(OC(=O)N2CCOCC2)c1)N1CCOCC1. The van der Waals surface area contributed by atoms with Gasteiger partial charge >= 0.3 is 18.3 Å². The summed E-state index contributed by atoms with van der Waals surface area (Å²) in [6.07, 6.45) is -1.71. The molecule has 3 amide bonds. The second-order valence-corrected chi connectivity index (χ2v) is 7.54. The standard InChI is InChI=1S/C21H27N3O9/c25-19(22-1-7-28-8-2-22)31-16-13-17(32-20(26)23-3-9-29-10-4-23)15-18(14-16)33-21(27)24-5-11-30-12-6-24/h13-15H,1-12H2. The van der Waals surface area contributed by atoms with Gasteiger partial charge in [0.25, 0.3) is 0 Å². The molecule has 0 bridgehead atoms. The van der Waals surface area contributed by atoms with Crippen LogP contribution in [0.2, 0.25) is 0 Å². The van der Waals surface area contributed by atoms with Crippen molar-refractivity contribution in [3.63, 3.8) is 0 Å². The molecule has 3 fully saturated rings. The molecule has 0 N–H and O–H groups in total. The molecule has 1 aromatic carbocycles. The second kappa shape index (κ2) is 11.2. The number of carbonyl (C=O) groups excluding carboxylic acids is 3. The molecule has 0 saturated carbocycles. The molecule has 0 aliphatic carbocycles. The highest BCUT2D eigenvalue weighted by molar-refractivity contribution is 5.74. The normalized spacial score (nSPS) is 19.1. The summed E-state index contributed by atoms with van der Waals surface area (Å²) < 4.78 is 32.2. The molecule has 0 aromatic heterocycles. The fraction of sp³-hybridized carbons (Fsp3) is 0.571. The Balaban J connectivity index is 1.48. The van der Waals surface area contributed by atoms with Crippen LogP contribution in [0.25, 0.3) is 0 Å². The lowest BCUT2D eigenvalue weighted by molar-refractivity contribution is 0.0403. The largest absolute Gasteiger partial charge is 0.415 e.